The van der Waals surface area contributed by atoms with E-state index in [0.29, 0.717) is 5.02 Å². The maximum Gasteiger partial charge on any atom is 0.399 e. The highest BCUT2D eigenvalue weighted by Crippen LogP contribution is 2.41. The van der Waals surface area contributed by atoms with Gasteiger partial charge in [-0.05, 0) is 24.3 Å². The number of hydrogen-bond acceptors (Lipinski definition) is 5. The number of benzene rings is 1. The second-order valence-corrected chi connectivity index (χ2v) is 4.89. The smallest absolute Gasteiger partial charge is 0.399 e. The van der Waals surface area contributed by atoms with E-state index in [0.717, 1.165) is 0 Å². The van der Waals surface area contributed by atoms with Gasteiger partial charge < -0.3 is 14.6 Å². The van der Waals surface area contributed by atoms with Crippen LogP contribution in [0, 0.1) is 0 Å². The molecule has 1 rings (SSSR count). The maximum atomic E-state index is 12.3. The molecule has 25 heavy (non-hydrogen) atoms. The summed E-state index contributed by atoms with van der Waals surface area (Å²) in [5.74, 6) is -4.08. The summed E-state index contributed by atoms with van der Waals surface area (Å²) in [6.45, 7) is -2.03. The van der Waals surface area contributed by atoms with Crippen LogP contribution in [-0.2, 0) is 14.3 Å². The van der Waals surface area contributed by atoms with Crippen LogP contribution in [-0.4, -0.2) is 43.1 Å². The molecule has 0 amide bonds. The Morgan fingerprint density at radius 2 is 1.36 bits per heavy atom. The van der Waals surface area contributed by atoms with Crippen LogP contribution in [0.25, 0.3) is 0 Å². The first-order valence-electron chi connectivity index (χ1n) is 6.24. The molecule has 0 radical (unpaired) electrons. The Balaban J connectivity index is 2.61. The summed E-state index contributed by atoms with van der Waals surface area (Å²) >= 11 is 5.57. The van der Waals surface area contributed by atoms with Crippen molar-refractivity contribution in [3.8, 4) is 0 Å². The Kier molecular flexibility index (Phi) is 6.29. The molecule has 0 saturated carbocycles. The number of halogens is 7. The lowest BCUT2D eigenvalue weighted by Crippen LogP contribution is -2.71. The molecular formula is C13H8ClF6O5-. The van der Waals surface area contributed by atoms with E-state index < -0.39 is 43.1 Å². The first kappa shape index (κ1) is 21.0. The number of rotatable bonds is 5. The Bertz CT molecular complexity index is 611. The van der Waals surface area contributed by atoms with Crippen LogP contribution >= 0.6 is 11.6 Å². The van der Waals surface area contributed by atoms with Crippen molar-refractivity contribution >= 4 is 23.5 Å². The van der Waals surface area contributed by atoms with Gasteiger partial charge in [0.05, 0.1) is 5.56 Å². The molecule has 5 nitrogen and oxygen atoms in total. The average Bonchev–Trinajstić information content (AvgIpc) is 2.48. The second kappa shape index (κ2) is 7.48. The summed E-state index contributed by atoms with van der Waals surface area (Å²) in [5.41, 5.74) is -5.94. The van der Waals surface area contributed by atoms with E-state index in [1.54, 1.807) is 0 Å². The van der Waals surface area contributed by atoms with Gasteiger partial charge in [0.1, 0.15) is 13.2 Å². The predicted molar refractivity (Wildman–Crippen MR) is 67.5 cm³/mol. The predicted octanol–water partition coefficient (Wildman–Crippen LogP) is 2.26. The van der Waals surface area contributed by atoms with Gasteiger partial charge in [-0.15, -0.1) is 0 Å². The lowest BCUT2D eigenvalue weighted by molar-refractivity contribution is -0.574. The van der Waals surface area contributed by atoms with Crippen molar-refractivity contribution in [1.29, 1.82) is 0 Å². The number of carbonyl (C=O) groups is 2. The minimum Gasteiger partial charge on any atom is -0.828 e. The molecule has 0 heterocycles. The van der Waals surface area contributed by atoms with Crippen LogP contribution in [0.4, 0.5) is 26.3 Å². The first-order valence-corrected chi connectivity index (χ1v) is 6.62. The van der Waals surface area contributed by atoms with Crippen LogP contribution in [0.5, 0.6) is 0 Å². The van der Waals surface area contributed by atoms with Gasteiger partial charge in [-0.1, -0.05) is 11.6 Å². The summed E-state index contributed by atoms with van der Waals surface area (Å²) < 4.78 is 82.0. The highest BCUT2D eigenvalue weighted by Gasteiger charge is 2.68. The zero-order valence-electron chi connectivity index (χ0n) is 11.9. The highest BCUT2D eigenvalue weighted by atomic mass is 35.5. The van der Waals surface area contributed by atoms with E-state index in [1.807, 2.05) is 0 Å². The van der Waals surface area contributed by atoms with Crippen LogP contribution in [0.1, 0.15) is 10.4 Å². The number of ether oxygens (including phenoxy) is 2. The fourth-order valence-electron chi connectivity index (χ4n) is 1.43. The first-order chi connectivity index (χ1) is 11.3. The van der Waals surface area contributed by atoms with Gasteiger partial charge in [-0.25, -0.2) is 4.79 Å². The second-order valence-electron chi connectivity index (χ2n) is 4.46. The fraction of sp³-hybridized carbons (Fsp3) is 0.385. The Labute approximate surface area is 141 Å². The van der Waals surface area contributed by atoms with Crippen molar-refractivity contribution in [1.82, 2.24) is 0 Å². The summed E-state index contributed by atoms with van der Waals surface area (Å²) in [5, 5.41) is 11.3. The third-order valence-electron chi connectivity index (χ3n) is 2.72. The van der Waals surface area contributed by atoms with Crippen LogP contribution in [0.15, 0.2) is 24.3 Å². The molecule has 1 aromatic carbocycles. The van der Waals surface area contributed by atoms with Gasteiger partial charge in [0, 0.05) is 5.02 Å². The number of alkyl halides is 6. The lowest BCUT2D eigenvalue weighted by Gasteiger charge is -2.40. The van der Waals surface area contributed by atoms with Crippen molar-refractivity contribution in [3.63, 3.8) is 0 Å². The van der Waals surface area contributed by atoms with Crippen molar-refractivity contribution in [2.24, 2.45) is 0 Å². The maximum absolute atomic E-state index is 12.3. The molecule has 0 saturated heterocycles. The Hall–Kier alpha value is -2.01. The molecule has 0 aliphatic rings. The molecule has 0 aromatic heterocycles. The summed E-state index contributed by atoms with van der Waals surface area (Å²) in [7, 11) is 0. The number of hydrogen-bond donors (Lipinski definition) is 0. The van der Waals surface area contributed by atoms with Crippen LogP contribution < -0.4 is 5.11 Å². The zero-order valence-corrected chi connectivity index (χ0v) is 12.7. The quantitative estimate of drug-likeness (QED) is 0.436. The standard InChI is InChI=1S/C13H8ClF6O5/c14-8-3-1-7(2-4-8)9(21)24-5-6-25-10(22)11(23,12(15,16)17)13(18,19)20/h1-4H,5-6H2/q-1. The molecule has 1 aromatic rings. The summed E-state index contributed by atoms with van der Waals surface area (Å²) in [6.07, 6.45) is -12.9. The third kappa shape index (κ3) is 4.75. The van der Waals surface area contributed by atoms with Crippen LogP contribution in [0.2, 0.25) is 5.02 Å². The van der Waals surface area contributed by atoms with Crippen molar-refractivity contribution in [2.75, 3.05) is 13.2 Å². The van der Waals surface area contributed by atoms with E-state index in [4.69, 9.17) is 11.6 Å². The molecule has 0 aliphatic carbocycles. The van der Waals surface area contributed by atoms with Crippen molar-refractivity contribution in [3.05, 3.63) is 34.9 Å². The fourth-order valence-corrected chi connectivity index (χ4v) is 1.56. The molecule has 140 valence electrons. The molecule has 0 N–H and O–H groups in total. The summed E-state index contributed by atoms with van der Waals surface area (Å²) in [4.78, 5) is 22.5. The monoisotopic (exact) mass is 393 g/mol. The molecular weight excluding hydrogens is 386 g/mol. The summed E-state index contributed by atoms with van der Waals surface area (Å²) in [6, 6.07) is 5.15. The molecule has 0 bridgehead atoms. The minimum atomic E-state index is -6.46. The van der Waals surface area contributed by atoms with Gasteiger partial charge in [0.2, 0.25) is 0 Å². The van der Waals surface area contributed by atoms with E-state index in [9.17, 15) is 41.0 Å². The van der Waals surface area contributed by atoms with Gasteiger partial charge in [0.15, 0.2) is 5.60 Å². The topological polar surface area (TPSA) is 75.7 Å². The van der Waals surface area contributed by atoms with E-state index in [2.05, 4.69) is 9.47 Å². The lowest BCUT2D eigenvalue weighted by atomic mass is 10.0. The largest absolute Gasteiger partial charge is 0.828 e. The number of carbonyl (C=O) groups excluding carboxylic acids is 2. The molecule has 0 atom stereocenters. The Morgan fingerprint density at radius 1 is 0.920 bits per heavy atom. The van der Waals surface area contributed by atoms with E-state index in [-0.39, 0.29) is 5.56 Å². The molecule has 0 unspecified atom stereocenters. The Morgan fingerprint density at radius 3 is 1.80 bits per heavy atom. The van der Waals surface area contributed by atoms with Gasteiger partial charge in [-0.2, -0.15) is 26.3 Å². The van der Waals surface area contributed by atoms with Gasteiger partial charge in [0.25, 0.3) is 0 Å². The number of esters is 2. The SMILES string of the molecule is O=C(OCCOC(=O)C([O-])(C(F)(F)F)C(F)(F)F)c1ccc(Cl)cc1. The van der Waals surface area contributed by atoms with Gasteiger partial charge >= 0.3 is 24.3 Å². The third-order valence-corrected chi connectivity index (χ3v) is 2.97. The van der Waals surface area contributed by atoms with E-state index >= 15 is 0 Å². The van der Waals surface area contributed by atoms with Gasteiger partial charge in [-0.3, -0.25) is 4.79 Å². The van der Waals surface area contributed by atoms with Crippen LogP contribution in [0.3, 0.4) is 0 Å². The van der Waals surface area contributed by atoms with Crippen molar-refractivity contribution in [2.45, 2.75) is 18.0 Å². The zero-order chi connectivity index (χ0) is 19.5. The molecule has 0 spiro atoms. The molecule has 12 heteroatoms. The normalized spacial score (nSPS) is 12.6. The molecule has 0 fully saturated rings. The van der Waals surface area contributed by atoms with E-state index in [1.165, 1.54) is 24.3 Å². The highest BCUT2D eigenvalue weighted by molar-refractivity contribution is 6.30. The molecule has 0 aliphatic heterocycles. The average molecular weight is 394 g/mol. The van der Waals surface area contributed by atoms with Crippen molar-refractivity contribution < 1.29 is 50.5 Å². The minimum absolute atomic E-state index is 0.0144.